The van der Waals surface area contributed by atoms with E-state index >= 15 is 0 Å². The molecule has 0 saturated carbocycles. The van der Waals surface area contributed by atoms with Crippen LogP contribution in [-0.2, 0) is 4.74 Å². The highest BCUT2D eigenvalue weighted by molar-refractivity contribution is 5.42. The first-order valence-electron chi connectivity index (χ1n) is 7.13. The third-order valence-electron chi connectivity index (χ3n) is 3.44. The lowest BCUT2D eigenvalue weighted by Gasteiger charge is -2.14. The van der Waals surface area contributed by atoms with Crippen LogP contribution in [0.1, 0.15) is 23.6 Å². The van der Waals surface area contributed by atoms with Crippen LogP contribution < -0.4 is 0 Å². The van der Waals surface area contributed by atoms with Gasteiger partial charge in [-0.15, -0.1) is 0 Å². The highest BCUT2D eigenvalue weighted by atomic mass is 16.7. The summed E-state index contributed by atoms with van der Waals surface area (Å²) >= 11 is 0. The number of benzene rings is 2. The number of hydrogen-bond donors (Lipinski definition) is 0. The van der Waals surface area contributed by atoms with Crippen LogP contribution in [0.4, 0.5) is 11.4 Å². The maximum Gasteiger partial charge on any atom is 0.354 e. The van der Waals surface area contributed by atoms with Crippen LogP contribution in [0, 0.1) is 40.5 Å². The second-order valence-electron chi connectivity index (χ2n) is 5.04. The number of ether oxygens (including phenoxy) is 1. The minimum atomic E-state index is -2.29. The second-order valence-corrected chi connectivity index (χ2v) is 5.04. The zero-order valence-corrected chi connectivity index (χ0v) is 13.2. The molecule has 0 aliphatic carbocycles. The van der Waals surface area contributed by atoms with Gasteiger partial charge in [-0.2, -0.15) is 0 Å². The van der Waals surface area contributed by atoms with Gasteiger partial charge in [-0.25, -0.2) is 4.74 Å². The Bertz CT molecular complexity index is 843. The molecule has 13 heteroatoms. The normalized spacial score (nSPS) is 12.7. The standard InChI is InChI=1S/C14H10N4O9/c19-15(20)11-7-3-1-5-9(11)13(17(23)24)27-14(18(25)26)10-6-2-4-8-12(10)16(21)22/h1-8,13-14H. The Balaban J connectivity index is 2.54. The van der Waals surface area contributed by atoms with E-state index in [1.165, 1.54) is 24.3 Å². The maximum atomic E-state index is 11.4. The largest absolute Gasteiger partial charge is 0.354 e. The summed E-state index contributed by atoms with van der Waals surface area (Å²) in [5.74, 6) is 0. The van der Waals surface area contributed by atoms with Crippen LogP contribution in [0.15, 0.2) is 48.5 Å². The maximum absolute atomic E-state index is 11.4. The predicted molar refractivity (Wildman–Crippen MR) is 86.7 cm³/mol. The number of rotatable bonds is 8. The zero-order chi connectivity index (χ0) is 20.1. The second kappa shape index (κ2) is 7.92. The van der Waals surface area contributed by atoms with Crippen LogP contribution in [-0.4, -0.2) is 19.7 Å². The monoisotopic (exact) mass is 378 g/mol. The summed E-state index contributed by atoms with van der Waals surface area (Å²) in [6.45, 7) is 0. The van der Waals surface area contributed by atoms with Gasteiger partial charge >= 0.3 is 12.5 Å². The molecule has 0 radical (unpaired) electrons. The molecule has 0 N–H and O–H groups in total. The van der Waals surface area contributed by atoms with Gasteiger partial charge in [-0.1, -0.05) is 24.3 Å². The van der Waals surface area contributed by atoms with Crippen molar-refractivity contribution in [2.75, 3.05) is 0 Å². The van der Waals surface area contributed by atoms with Crippen molar-refractivity contribution in [3.05, 3.63) is 100 Å². The molecule has 0 spiro atoms. The van der Waals surface area contributed by atoms with Crippen molar-refractivity contribution < 1.29 is 24.4 Å². The molecule has 2 aromatic carbocycles. The van der Waals surface area contributed by atoms with Gasteiger partial charge in [0.2, 0.25) is 0 Å². The van der Waals surface area contributed by atoms with Crippen LogP contribution >= 0.6 is 0 Å². The summed E-state index contributed by atoms with van der Waals surface area (Å²) in [6.07, 6.45) is -4.58. The summed E-state index contributed by atoms with van der Waals surface area (Å²) in [7, 11) is 0. The lowest BCUT2D eigenvalue weighted by molar-refractivity contribution is -0.658. The molecule has 13 nitrogen and oxygen atoms in total. The van der Waals surface area contributed by atoms with Crippen molar-refractivity contribution >= 4 is 11.4 Å². The Labute approximate surface area is 149 Å². The van der Waals surface area contributed by atoms with Gasteiger partial charge in [0.25, 0.3) is 11.4 Å². The lowest BCUT2D eigenvalue weighted by atomic mass is 10.1. The Morgan fingerprint density at radius 3 is 1.26 bits per heavy atom. The van der Waals surface area contributed by atoms with Crippen LogP contribution in [0.3, 0.4) is 0 Å². The van der Waals surface area contributed by atoms with Crippen molar-refractivity contribution in [1.82, 2.24) is 0 Å². The summed E-state index contributed by atoms with van der Waals surface area (Å²) in [6, 6.07) is 9.01. The number of hydrogen-bond acceptors (Lipinski definition) is 9. The fourth-order valence-electron chi connectivity index (χ4n) is 2.32. The van der Waals surface area contributed by atoms with Crippen LogP contribution in [0.2, 0.25) is 0 Å². The summed E-state index contributed by atoms with van der Waals surface area (Å²) < 4.78 is 4.92. The summed E-state index contributed by atoms with van der Waals surface area (Å²) in [5, 5.41) is 44.9. The van der Waals surface area contributed by atoms with E-state index in [1.807, 2.05) is 0 Å². The van der Waals surface area contributed by atoms with E-state index in [4.69, 9.17) is 4.74 Å². The average molecular weight is 378 g/mol. The summed E-state index contributed by atoms with van der Waals surface area (Å²) in [4.78, 5) is 41.0. The Kier molecular flexibility index (Phi) is 5.67. The molecule has 0 aromatic heterocycles. The van der Waals surface area contributed by atoms with Crippen molar-refractivity contribution in [3.8, 4) is 0 Å². The molecule has 0 heterocycles. The topological polar surface area (TPSA) is 182 Å². The van der Waals surface area contributed by atoms with Crippen LogP contribution in [0.25, 0.3) is 0 Å². The Morgan fingerprint density at radius 2 is 0.963 bits per heavy atom. The molecule has 0 amide bonds. The summed E-state index contributed by atoms with van der Waals surface area (Å²) in [5.41, 5.74) is -2.41. The number of nitro benzene ring substituents is 2. The van der Waals surface area contributed by atoms with Crippen molar-refractivity contribution in [2.24, 2.45) is 0 Å². The van der Waals surface area contributed by atoms with Gasteiger partial charge in [0.15, 0.2) is 0 Å². The highest BCUT2D eigenvalue weighted by Crippen LogP contribution is 2.35. The first-order chi connectivity index (χ1) is 12.7. The van der Waals surface area contributed by atoms with Gasteiger partial charge < -0.3 is 0 Å². The van der Waals surface area contributed by atoms with Crippen molar-refractivity contribution in [3.63, 3.8) is 0 Å². The third kappa shape index (κ3) is 4.16. The number of para-hydroxylation sites is 2. The molecule has 2 unspecified atom stereocenters. The van der Waals surface area contributed by atoms with Gasteiger partial charge in [-0.3, -0.25) is 40.5 Å². The molecule has 2 atom stereocenters. The van der Waals surface area contributed by atoms with Gasteiger partial charge in [0, 0.05) is 12.1 Å². The minimum absolute atomic E-state index is 0.530. The third-order valence-corrected chi connectivity index (χ3v) is 3.44. The average Bonchev–Trinajstić information content (AvgIpc) is 2.61. The molecule has 27 heavy (non-hydrogen) atoms. The van der Waals surface area contributed by atoms with Crippen molar-refractivity contribution in [1.29, 1.82) is 0 Å². The van der Waals surface area contributed by atoms with E-state index in [-0.39, 0.29) is 0 Å². The SMILES string of the molecule is O=[N+]([O-])c1ccccc1C(OC(c1ccccc1[N+](=O)[O-])[N+](=O)[O-])[N+](=O)[O-]. The minimum Gasteiger partial charge on any atom is -0.262 e. The van der Waals surface area contributed by atoms with Crippen LogP contribution in [0.5, 0.6) is 0 Å². The smallest absolute Gasteiger partial charge is 0.262 e. The molecule has 0 aliphatic heterocycles. The molecule has 0 bridgehead atoms. The zero-order valence-electron chi connectivity index (χ0n) is 13.2. The molecule has 2 aromatic rings. The highest BCUT2D eigenvalue weighted by Gasteiger charge is 2.41. The fourth-order valence-corrected chi connectivity index (χ4v) is 2.32. The lowest BCUT2D eigenvalue weighted by Crippen LogP contribution is -2.23. The molecular formula is C14H10N4O9. The van der Waals surface area contributed by atoms with E-state index in [1.54, 1.807) is 0 Å². The molecule has 0 aliphatic rings. The number of nitrogens with zero attached hydrogens (tertiary/aromatic N) is 4. The Hall–Kier alpha value is -4.00. The molecule has 0 fully saturated rings. The molecular weight excluding hydrogens is 368 g/mol. The van der Waals surface area contributed by atoms with Gasteiger partial charge in [0.05, 0.1) is 19.7 Å². The van der Waals surface area contributed by atoms with E-state index in [9.17, 15) is 40.5 Å². The van der Waals surface area contributed by atoms with E-state index in [2.05, 4.69) is 0 Å². The number of nitro groups is 4. The first-order valence-corrected chi connectivity index (χ1v) is 7.13. The fraction of sp³-hybridized carbons (Fsp3) is 0.143. The first kappa shape index (κ1) is 19.3. The van der Waals surface area contributed by atoms with Gasteiger partial charge in [0.1, 0.15) is 11.1 Å². The van der Waals surface area contributed by atoms with Crippen molar-refractivity contribution in [2.45, 2.75) is 12.5 Å². The predicted octanol–water partition coefficient (Wildman–Crippen LogP) is 2.77. The van der Waals surface area contributed by atoms with E-state index in [0.717, 1.165) is 24.3 Å². The molecule has 0 saturated heterocycles. The van der Waals surface area contributed by atoms with E-state index < -0.39 is 54.7 Å². The van der Waals surface area contributed by atoms with E-state index in [0.29, 0.717) is 0 Å². The molecule has 2 rings (SSSR count). The molecule has 140 valence electrons. The quantitative estimate of drug-likeness (QED) is 0.378. The Morgan fingerprint density at radius 1 is 0.630 bits per heavy atom. The van der Waals surface area contributed by atoms with Gasteiger partial charge in [-0.05, 0) is 12.1 Å².